The number of hydrogen-bond acceptors (Lipinski definition) is 5. The number of nitrogens with zero attached hydrogens (tertiary/aromatic N) is 1. The van der Waals surface area contributed by atoms with Crippen molar-refractivity contribution >= 4 is 40.9 Å². The Kier molecular flexibility index (Phi) is 6.65. The molecule has 0 spiro atoms. The summed E-state index contributed by atoms with van der Waals surface area (Å²) in [6.45, 7) is -0.0145. The van der Waals surface area contributed by atoms with Gasteiger partial charge in [-0.05, 0) is 54.2 Å². The number of carbonyl (C=O) groups excluding carboxylic acids is 2. The molecule has 4 rings (SSSR count). The molecular weight excluding hydrogens is 462 g/mol. The van der Waals surface area contributed by atoms with Crippen molar-refractivity contribution in [3.8, 4) is 11.5 Å². The van der Waals surface area contributed by atoms with Gasteiger partial charge in [0.05, 0.1) is 12.8 Å². The van der Waals surface area contributed by atoms with Gasteiger partial charge in [0, 0.05) is 5.56 Å². The highest BCUT2D eigenvalue weighted by Crippen LogP contribution is 2.31. The highest BCUT2D eigenvalue weighted by Gasteiger charge is 2.35. The molecular formula is C25H18F2N2O4S. The van der Waals surface area contributed by atoms with E-state index in [1.54, 1.807) is 42.5 Å². The maximum atomic E-state index is 14.3. The Morgan fingerprint density at radius 3 is 2.38 bits per heavy atom. The van der Waals surface area contributed by atoms with Crippen molar-refractivity contribution in [3.05, 3.63) is 95.1 Å². The molecule has 0 bridgehead atoms. The largest absolute Gasteiger partial charge is 0.493 e. The fraction of sp³-hybridized carbons (Fsp3) is 0.0800. The average Bonchev–Trinajstić information content (AvgIpc) is 2.82. The summed E-state index contributed by atoms with van der Waals surface area (Å²) in [6.07, 6.45) is 1.34. The Balaban J connectivity index is 1.61. The molecule has 34 heavy (non-hydrogen) atoms. The van der Waals surface area contributed by atoms with E-state index in [9.17, 15) is 18.4 Å². The molecule has 172 valence electrons. The number of rotatable bonds is 6. The first-order valence-corrected chi connectivity index (χ1v) is 10.5. The standard InChI is InChI=1S/C25H18F2N2O4S/c1-32-22-13-15(10-11-21(22)33-14-16-6-2-3-7-18(16)26)12-17-23(30)28-25(34)29(24(17)31)20-9-5-4-8-19(20)27/h2-13H,14H2,1H3,(H,28,30,34)/b17-12+. The Labute approximate surface area is 199 Å². The fourth-order valence-electron chi connectivity index (χ4n) is 3.34. The molecule has 3 aromatic rings. The molecule has 1 N–H and O–H groups in total. The summed E-state index contributed by atoms with van der Waals surface area (Å²) in [6, 6.07) is 16.6. The van der Waals surface area contributed by atoms with Crippen molar-refractivity contribution in [2.75, 3.05) is 12.0 Å². The number of nitrogens with one attached hydrogen (secondary N) is 1. The van der Waals surface area contributed by atoms with E-state index in [4.69, 9.17) is 21.7 Å². The first-order valence-electron chi connectivity index (χ1n) is 10.1. The van der Waals surface area contributed by atoms with Crippen LogP contribution in [0.2, 0.25) is 0 Å². The normalized spacial score (nSPS) is 14.9. The summed E-state index contributed by atoms with van der Waals surface area (Å²) >= 11 is 5.09. The van der Waals surface area contributed by atoms with Gasteiger partial charge in [0.25, 0.3) is 11.8 Å². The van der Waals surface area contributed by atoms with Crippen LogP contribution in [0, 0.1) is 11.6 Å². The summed E-state index contributed by atoms with van der Waals surface area (Å²) in [7, 11) is 1.43. The smallest absolute Gasteiger partial charge is 0.270 e. The van der Waals surface area contributed by atoms with Crippen molar-refractivity contribution in [3.63, 3.8) is 0 Å². The maximum Gasteiger partial charge on any atom is 0.270 e. The number of para-hydroxylation sites is 1. The van der Waals surface area contributed by atoms with Gasteiger partial charge in [0.15, 0.2) is 16.6 Å². The van der Waals surface area contributed by atoms with E-state index in [0.29, 0.717) is 22.6 Å². The van der Waals surface area contributed by atoms with Crippen molar-refractivity contribution in [2.24, 2.45) is 0 Å². The molecule has 6 nitrogen and oxygen atoms in total. The van der Waals surface area contributed by atoms with Crippen LogP contribution in [-0.4, -0.2) is 24.0 Å². The zero-order chi connectivity index (χ0) is 24.2. The highest BCUT2D eigenvalue weighted by molar-refractivity contribution is 7.80. The van der Waals surface area contributed by atoms with Gasteiger partial charge in [-0.3, -0.25) is 14.9 Å². The second kappa shape index (κ2) is 9.80. The number of hydrogen-bond donors (Lipinski definition) is 1. The predicted molar refractivity (Wildman–Crippen MR) is 126 cm³/mol. The molecule has 2 amide bonds. The Morgan fingerprint density at radius 2 is 1.68 bits per heavy atom. The minimum Gasteiger partial charge on any atom is -0.493 e. The van der Waals surface area contributed by atoms with Crippen LogP contribution >= 0.6 is 12.2 Å². The van der Waals surface area contributed by atoms with Crippen molar-refractivity contribution in [2.45, 2.75) is 6.61 Å². The topological polar surface area (TPSA) is 67.9 Å². The van der Waals surface area contributed by atoms with Gasteiger partial charge < -0.3 is 9.47 Å². The lowest BCUT2D eigenvalue weighted by atomic mass is 10.1. The minimum atomic E-state index is -0.766. The third kappa shape index (κ3) is 4.65. The van der Waals surface area contributed by atoms with Crippen LogP contribution in [0.4, 0.5) is 14.5 Å². The lowest BCUT2D eigenvalue weighted by molar-refractivity contribution is -0.122. The molecule has 0 aliphatic carbocycles. The van der Waals surface area contributed by atoms with Crippen LogP contribution < -0.4 is 19.7 Å². The van der Waals surface area contributed by atoms with Gasteiger partial charge in [-0.15, -0.1) is 0 Å². The summed E-state index contributed by atoms with van der Waals surface area (Å²) in [5, 5.41) is 2.19. The zero-order valence-corrected chi connectivity index (χ0v) is 18.7. The monoisotopic (exact) mass is 480 g/mol. The summed E-state index contributed by atoms with van der Waals surface area (Å²) < 4.78 is 39.2. The molecule has 3 aromatic carbocycles. The number of halogens is 2. The van der Waals surface area contributed by atoms with E-state index in [1.807, 2.05) is 0 Å². The van der Waals surface area contributed by atoms with E-state index in [2.05, 4.69) is 5.32 Å². The first kappa shape index (κ1) is 23.1. The SMILES string of the molecule is COc1cc(/C=C2\C(=O)NC(=S)N(c3ccccc3F)C2=O)ccc1OCc1ccccc1F. The van der Waals surface area contributed by atoms with Gasteiger partial charge in [-0.25, -0.2) is 13.7 Å². The van der Waals surface area contributed by atoms with E-state index in [0.717, 1.165) is 4.90 Å². The number of benzene rings is 3. The average molecular weight is 480 g/mol. The van der Waals surface area contributed by atoms with Crippen LogP contribution in [0.15, 0.2) is 72.3 Å². The van der Waals surface area contributed by atoms with Crippen LogP contribution in [0.1, 0.15) is 11.1 Å². The van der Waals surface area contributed by atoms with Crippen LogP contribution in [-0.2, 0) is 16.2 Å². The summed E-state index contributed by atoms with van der Waals surface area (Å²) in [5.74, 6) is -1.86. The number of amides is 2. The van der Waals surface area contributed by atoms with Crippen LogP contribution in [0.5, 0.6) is 11.5 Å². The van der Waals surface area contributed by atoms with Crippen molar-refractivity contribution in [1.82, 2.24) is 5.32 Å². The van der Waals surface area contributed by atoms with Crippen LogP contribution in [0.25, 0.3) is 6.08 Å². The number of ether oxygens (including phenoxy) is 2. The quantitative estimate of drug-likeness (QED) is 0.322. The lowest BCUT2D eigenvalue weighted by Crippen LogP contribution is -2.54. The van der Waals surface area contributed by atoms with Gasteiger partial charge >= 0.3 is 0 Å². The zero-order valence-electron chi connectivity index (χ0n) is 17.9. The maximum absolute atomic E-state index is 14.3. The first-order chi connectivity index (χ1) is 16.4. The molecule has 9 heteroatoms. The molecule has 1 aliphatic heterocycles. The van der Waals surface area contributed by atoms with E-state index >= 15 is 0 Å². The Hall–Kier alpha value is -4.11. The number of thiocarbonyl (C=S) groups is 1. The van der Waals surface area contributed by atoms with Crippen molar-refractivity contribution in [1.29, 1.82) is 0 Å². The minimum absolute atomic E-state index is 0.0145. The number of carbonyl (C=O) groups is 2. The Bertz CT molecular complexity index is 1330. The second-order valence-corrected chi connectivity index (χ2v) is 7.59. The van der Waals surface area contributed by atoms with Gasteiger partial charge in [-0.1, -0.05) is 36.4 Å². The molecule has 1 fully saturated rings. The fourth-order valence-corrected chi connectivity index (χ4v) is 3.61. The van der Waals surface area contributed by atoms with Crippen molar-refractivity contribution < 1.29 is 27.8 Å². The molecule has 0 saturated carbocycles. The summed E-state index contributed by atoms with van der Waals surface area (Å²) in [4.78, 5) is 26.5. The molecule has 1 saturated heterocycles. The number of methoxy groups -OCH3 is 1. The molecule has 0 aromatic heterocycles. The highest BCUT2D eigenvalue weighted by atomic mass is 32.1. The number of anilines is 1. The second-order valence-electron chi connectivity index (χ2n) is 7.20. The van der Waals surface area contributed by atoms with E-state index < -0.39 is 17.6 Å². The third-order valence-electron chi connectivity index (χ3n) is 5.03. The van der Waals surface area contributed by atoms with Gasteiger partial charge in [0.1, 0.15) is 23.8 Å². The lowest BCUT2D eigenvalue weighted by Gasteiger charge is -2.29. The molecule has 0 radical (unpaired) electrons. The van der Waals surface area contributed by atoms with E-state index in [1.165, 1.54) is 37.5 Å². The van der Waals surface area contributed by atoms with Gasteiger partial charge in [-0.2, -0.15) is 0 Å². The predicted octanol–water partition coefficient (Wildman–Crippen LogP) is 4.38. The third-order valence-corrected chi connectivity index (χ3v) is 5.32. The Morgan fingerprint density at radius 1 is 0.971 bits per heavy atom. The summed E-state index contributed by atoms with van der Waals surface area (Å²) in [5.41, 5.74) is 0.524. The van der Waals surface area contributed by atoms with Gasteiger partial charge in [0.2, 0.25) is 0 Å². The molecule has 1 heterocycles. The molecule has 0 atom stereocenters. The molecule has 0 unspecified atom stereocenters. The molecule has 1 aliphatic rings. The van der Waals surface area contributed by atoms with E-state index in [-0.39, 0.29) is 28.8 Å². The van der Waals surface area contributed by atoms with Crippen LogP contribution in [0.3, 0.4) is 0 Å².